The summed E-state index contributed by atoms with van der Waals surface area (Å²) in [5, 5.41) is 13.3. The third-order valence-electron chi connectivity index (χ3n) is 2.55. The molecular weight excluding hydrogens is 282 g/mol. The minimum absolute atomic E-state index is 0.0649. The van der Waals surface area contributed by atoms with Gasteiger partial charge in [-0.25, -0.2) is 4.98 Å². The summed E-state index contributed by atoms with van der Waals surface area (Å²) in [6.07, 6.45) is 0. The highest BCUT2D eigenvalue weighted by Crippen LogP contribution is 2.24. The Hall–Kier alpha value is -2.47. The second-order valence-electron chi connectivity index (χ2n) is 4.08. The van der Waals surface area contributed by atoms with Crippen LogP contribution in [0.2, 0.25) is 5.15 Å². The second-order valence-corrected chi connectivity index (χ2v) is 4.47. The van der Waals surface area contributed by atoms with E-state index in [9.17, 15) is 14.9 Å². The smallest absolute Gasteiger partial charge is 0.301 e. The number of hydrogen-bond acceptors (Lipinski definition) is 4. The van der Waals surface area contributed by atoms with Crippen LogP contribution in [-0.4, -0.2) is 15.8 Å². The number of nitrogens with one attached hydrogen (secondary N) is 1. The van der Waals surface area contributed by atoms with Crippen LogP contribution in [0.25, 0.3) is 0 Å². The molecule has 7 heteroatoms. The van der Waals surface area contributed by atoms with Crippen molar-refractivity contribution >= 4 is 29.0 Å². The zero-order chi connectivity index (χ0) is 14.7. The number of rotatable bonds is 3. The predicted octanol–water partition coefficient (Wildman–Crippen LogP) is 3.20. The summed E-state index contributed by atoms with van der Waals surface area (Å²) >= 11 is 5.69. The maximum Gasteiger partial charge on any atom is 0.311 e. The summed E-state index contributed by atoms with van der Waals surface area (Å²) in [6, 6.07) is 9.34. The third-order valence-corrected chi connectivity index (χ3v) is 2.76. The monoisotopic (exact) mass is 291 g/mol. The molecular formula is C13H10ClN3O3. The second kappa shape index (κ2) is 5.66. The number of carbonyl (C=O) groups excluding carboxylic acids is 1. The fraction of sp³-hybridized carbons (Fsp3) is 0.0769. The molecule has 0 fully saturated rings. The van der Waals surface area contributed by atoms with E-state index in [1.807, 2.05) is 13.0 Å². The molecule has 0 unspecified atom stereocenters. The van der Waals surface area contributed by atoms with Gasteiger partial charge in [0.2, 0.25) is 5.82 Å². The summed E-state index contributed by atoms with van der Waals surface area (Å²) < 4.78 is 0. The standard InChI is InChI=1S/C13H10ClN3O3/c1-8-3-2-4-9(7-8)13(18)16-12-10(17(19)20)5-6-11(14)15-12/h2-7H,1H3,(H,15,16,18). The Morgan fingerprint density at radius 1 is 1.35 bits per heavy atom. The van der Waals surface area contributed by atoms with Gasteiger partial charge < -0.3 is 5.32 Å². The van der Waals surface area contributed by atoms with Crippen molar-refractivity contribution in [2.75, 3.05) is 5.32 Å². The number of nitrogens with zero attached hydrogens (tertiary/aromatic N) is 2. The van der Waals surface area contributed by atoms with Gasteiger partial charge >= 0.3 is 5.69 Å². The van der Waals surface area contributed by atoms with Crippen LogP contribution >= 0.6 is 11.6 Å². The Balaban J connectivity index is 2.32. The molecule has 0 saturated carbocycles. The first-order valence-electron chi connectivity index (χ1n) is 5.66. The average Bonchev–Trinajstić information content (AvgIpc) is 2.38. The molecule has 0 aliphatic rings. The summed E-state index contributed by atoms with van der Waals surface area (Å²) in [5.74, 6) is -0.652. The molecule has 2 aromatic rings. The van der Waals surface area contributed by atoms with E-state index < -0.39 is 10.8 Å². The van der Waals surface area contributed by atoms with Gasteiger partial charge in [-0.05, 0) is 25.1 Å². The van der Waals surface area contributed by atoms with E-state index in [0.717, 1.165) is 5.56 Å². The van der Waals surface area contributed by atoms with Crippen LogP contribution in [0.5, 0.6) is 0 Å². The largest absolute Gasteiger partial charge is 0.311 e. The molecule has 0 radical (unpaired) electrons. The van der Waals surface area contributed by atoms with Gasteiger partial charge in [0.25, 0.3) is 5.91 Å². The van der Waals surface area contributed by atoms with Crippen molar-refractivity contribution < 1.29 is 9.72 Å². The Labute approximate surface area is 119 Å². The molecule has 6 nitrogen and oxygen atoms in total. The Bertz CT molecular complexity index is 688. The molecule has 0 spiro atoms. The first-order chi connectivity index (χ1) is 9.47. The Kier molecular flexibility index (Phi) is 3.95. The zero-order valence-corrected chi connectivity index (χ0v) is 11.2. The minimum Gasteiger partial charge on any atom is -0.301 e. The molecule has 1 N–H and O–H groups in total. The van der Waals surface area contributed by atoms with E-state index in [1.54, 1.807) is 18.2 Å². The summed E-state index contributed by atoms with van der Waals surface area (Å²) in [4.78, 5) is 26.1. The normalized spacial score (nSPS) is 10.1. The molecule has 0 bridgehead atoms. The lowest BCUT2D eigenvalue weighted by Gasteiger charge is -2.06. The van der Waals surface area contributed by atoms with E-state index in [2.05, 4.69) is 10.3 Å². The number of aromatic nitrogens is 1. The minimum atomic E-state index is -0.630. The van der Waals surface area contributed by atoms with Crippen LogP contribution in [0, 0.1) is 17.0 Å². The number of hydrogen-bond donors (Lipinski definition) is 1. The number of carbonyl (C=O) groups is 1. The SMILES string of the molecule is Cc1cccc(C(=O)Nc2nc(Cl)ccc2[N+](=O)[O-])c1. The fourth-order valence-corrected chi connectivity index (χ4v) is 1.78. The van der Waals surface area contributed by atoms with E-state index in [1.165, 1.54) is 12.1 Å². The van der Waals surface area contributed by atoms with Crippen LogP contribution in [0.3, 0.4) is 0 Å². The Morgan fingerprint density at radius 2 is 2.10 bits per heavy atom. The van der Waals surface area contributed by atoms with Gasteiger partial charge in [-0.2, -0.15) is 0 Å². The third kappa shape index (κ3) is 3.10. The molecule has 0 aliphatic carbocycles. The lowest BCUT2D eigenvalue weighted by atomic mass is 10.1. The van der Waals surface area contributed by atoms with Crippen molar-refractivity contribution in [1.29, 1.82) is 0 Å². The van der Waals surface area contributed by atoms with Gasteiger partial charge in [0.05, 0.1) is 4.92 Å². The van der Waals surface area contributed by atoms with Gasteiger partial charge in [-0.1, -0.05) is 29.3 Å². The van der Waals surface area contributed by atoms with Crippen molar-refractivity contribution in [1.82, 2.24) is 4.98 Å². The first kappa shape index (κ1) is 14.0. The maximum atomic E-state index is 12.0. The number of nitro groups is 1. The molecule has 1 aromatic heterocycles. The first-order valence-corrected chi connectivity index (χ1v) is 6.04. The van der Waals surface area contributed by atoms with E-state index >= 15 is 0 Å². The summed E-state index contributed by atoms with van der Waals surface area (Å²) in [6.45, 7) is 1.84. The van der Waals surface area contributed by atoms with Gasteiger partial charge in [-0.3, -0.25) is 14.9 Å². The number of benzene rings is 1. The van der Waals surface area contributed by atoms with Crippen molar-refractivity contribution in [2.24, 2.45) is 0 Å². The molecule has 1 amide bonds. The van der Waals surface area contributed by atoms with E-state index in [4.69, 9.17) is 11.6 Å². The number of anilines is 1. The zero-order valence-electron chi connectivity index (χ0n) is 10.5. The molecule has 0 aliphatic heterocycles. The molecule has 0 saturated heterocycles. The lowest BCUT2D eigenvalue weighted by Crippen LogP contribution is -2.14. The number of pyridine rings is 1. The van der Waals surface area contributed by atoms with Crippen LogP contribution < -0.4 is 5.32 Å². The molecule has 102 valence electrons. The fourth-order valence-electron chi connectivity index (χ4n) is 1.63. The number of amides is 1. The highest BCUT2D eigenvalue weighted by atomic mass is 35.5. The van der Waals surface area contributed by atoms with E-state index in [-0.39, 0.29) is 16.7 Å². The molecule has 2 rings (SSSR count). The number of halogens is 1. The molecule has 20 heavy (non-hydrogen) atoms. The topological polar surface area (TPSA) is 85.1 Å². The average molecular weight is 292 g/mol. The molecule has 1 aromatic carbocycles. The van der Waals surface area contributed by atoms with Crippen molar-refractivity contribution in [2.45, 2.75) is 6.92 Å². The highest BCUT2D eigenvalue weighted by Gasteiger charge is 2.18. The lowest BCUT2D eigenvalue weighted by molar-refractivity contribution is -0.384. The van der Waals surface area contributed by atoms with Crippen molar-refractivity contribution in [3.63, 3.8) is 0 Å². The van der Waals surface area contributed by atoms with Crippen LogP contribution in [0.1, 0.15) is 15.9 Å². The Morgan fingerprint density at radius 3 is 2.75 bits per heavy atom. The van der Waals surface area contributed by atoms with Gasteiger partial charge in [0.1, 0.15) is 5.15 Å². The van der Waals surface area contributed by atoms with Crippen LogP contribution in [0.4, 0.5) is 11.5 Å². The van der Waals surface area contributed by atoms with Crippen LogP contribution in [0.15, 0.2) is 36.4 Å². The van der Waals surface area contributed by atoms with Gasteiger partial charge in [0, 0.05) is 11.6 Å². The molecule has 1 heterocycles. The summed E-state index contributed by atoms with van der Waals surface area (Å²) in [5.41, 5.74) is 0.989. The van der Waals surface area contributed by atoms with Crippen LogP contribution in [-0.2, 0) is 0 Å². The maximum absolute atomic E-state index is 12.0. The molecule has 0 atom stereocenters. The van der Waals surface area contributed by atoms with Crippen molar-refractivity contribution in [3.05, 3.63) is 62.8 Å². The number of aryl methyl sites for hydroxylation is 1. The van der Waals surface area contributed by atoms with E-state index in [0.29, 0.717) is 5.56 Å². The van der Waals surface area contributed by atoms with Gasteiger partial charge in [0.15, 0.2) is 0 Å². The van der Waals surface area contributed by atoms with Gasteiger partial charge in [-0.15, -0.1) is 0 Å². The quantitative estimate of drug-likeness (QED) is 0.534. The summed E-state index contributed by atoms with van der Waals surface area (Å²) in [7, 11) is 0. The predicted molar refractivity (Wildman–Crippen MR) is 75.0 cm³/mol. The van der Waals surface area contributed by atoms with Crippen molar-refractivity contribution in [3.8, 4) is 0 Å². The highest BCUT2D eigenvalue weighted by molar-refractivity contribution is 6.29.